The fourth-order valence-electron chi connectivity index (χ4n) is 1.33. The molecule has 0 saturated heterocycles. The van der Waals surface area contributed by atoms with Crippen LogP contribution in [0.5, 0.6) is 5.19 Å². The highest BCUT2D eigenvalue weighted by atomic mass is 79.9. The standard InChI is InChI=1S/C12H13BrN2O2S/c1-12(2,3)15-10(16)17-11-14-8-5-4-7(13)6-9(8)18-11/h4-6H,1-3H3,(H,15,16). The lowest BCUT2D eigenvalue weighted by Crippen LogP contribution is -2.42. The van der Waals surface area contributed by atoms with Gasteiger partial charge in [0.2, 0.25) is 0 Å². The van der Waals surface area contributed by atoms with Crippen molar-refractivity contribution in [2.75, 3.05) is 0 Å². The molecule has 0 fully saturated rings. The molecule has 1 amide bonds. The fraction of sp³-hybridized carbons (Fsp3) is 0.333. The molecule has 0 spiro atoms. The number of nitrogens with one attached hydrogen (secondary N) is 1. The first-order chi connectivity index (χ1) is 8.33. The number of benzene rings is 1. The number of halogens is 1. The van der Waals surface area contributed by atoms with Crippen LogP contribution in [0.15, 0.2) is 22.7 Å². The van der Waals surface area contributed by atoms with Crippen molar-refractivity contribution in [3.8, 4) is 5.19 Å². The SMILES string of the molecule is CC(C)(C)NC(=O)Oc1nc2ccc(Br)cc2s1. The molecule has 0 atom stereocenters. The Balaban J connectivity index is 2.15. The maximum absolute atomic E-state index is 11.6. The van der Waals surface area contributed by atoms with E-state index >= 15 is 0 Å². The summed E-state index contributed by atoms with van der Waals surface area (Å²) in [4.78, 5) is 15.8. The van der Waals surface area contributed by atoms with Crippen LogP contribution in [0.2, 0.25) is 0 Å². The summed E-state index contributed by atoms with van der Waals surface area (Å²) in [6, 6.07) is 5.73. The van der Waals surface area contributed by atoms with Crippen LogP contribution in [0.25, 0.3) is 10.2 Å². The van der Waals surface area contributed by atoms with E-state index in [0.29, 0.717) is 5.19 Å². The van der Waals surface area contributed by atoms with Crippen LogP contribution in [0, 0.1) is 0 Å². The van der Waals surface area contributed by atoms with E-state index in [-0.39, 0.29) is 5.54 Å². The zero-order chi connectivity index (χ0) is 13.3. The molecule has 6 heteroatoms. The molecule has 0 aliphatic carbocycles. The van der Waals surface area contributed by atoms with Crippen LogP contribution in [0.4, 0.5) is 4.79 Å². The number of carbonyl (C=O) groups excluding carboxylic acids is 1. The molecule has 0 bridgehead atoms. The summed E-state index contributed by atoms with van der Waals surface area (Å²) in [7, 11) is 0. The minimum Gasteiger partial charge on any atom is -0.381 e. The van der Waals surface area contributed by atoms with Gasteiger partial charge in [-0.25, -0.2) is 9.78 Å². The van der Waals surface area contributed by atoms with Crippen molar-refractivity contribution in [2.24, 2.45) is 0 Å². The molecule has 1 aromatic carbocycles. The third-order valence-corrected chi connectivity index (χ3v) is 3.38. The Bertz CT molecular complexity index is 589. The quantitative estimate of drug-likeness (QED) is 0.862. The smallest absolute Gasteiger partial charge is 0.381 e. The van der Waals surface area contributed by atoms with Crippen LogP contribution < -0.4 is 10.1 Å². The van der Waals surface area contributed by atoms with Crippen molar-refractivity contribution in [2.45, 2.75) is 26.3 Å². The molecular formula is C12H13BrN2O2S. The maximum atomic E-state index is 11.6. The number of aromatic nitrogens is 1. The van der Waals surface area contributed by atoms with Gasteiger partial charge in [-0.05, 0) is 39.0 Å². The number of carbonyl (C=O) groups is 1. The molecular weight excluding hydrogens is 316 g/mol. The molecule has 18 heavy (non-hydrogen) atoms. The number of hydrogen-bond donors (Lipinski definition) is 1. The Morgan fingerprint density at radius 2 is 2.17 bits per heavy atom. The summed E-state index contributed by atoms with van der Waals surface area (Å²) in [6.07, 6.45) is -0.486. The van der Waals surface area contributed by atoms with Crippen molar-refractivity contribution >= 4 is 43.6 Å². The van der Waals surface area contributed by atoms with Crippen molar-refractivity contribution in [1.82, 2.24) is 10.3 Å². The zero-order valence-electron chi connectivity index (χ0n) is 10.3. The van der Waals surface area contributed by atoms with Gasteiger partial charge in [-0.2, -0.15) is 0 Å². The second kappa shape index (κ2) is 4.85. The predicted molar refractivity (Wildman–Crippen MR) is 76.2 cm³/mol. The maximum Gasteiger partial charge on any atom is 0.414 e. The van der Waals surface area contributed by atoms with Crippen LogP contribution in [0.3, 0.4) is 0 Å². The first kappa shape index (κ1) is 13.3. The second-order valence-electron chi connectivity index (χ2n) is 4.86. The normalized spacial score (nSPS) is 11.6. The molecule has 0 unspecified atom stereocenters. The van der Waals surface area contributed by atoms with E-state index in [4.69, 9.17) is 4.74 Å². The van der Waals surface area contributed by atoms with E-state index in [0.717, 1.165) is 14.7 Å². The van der Waals surface area contributed by atoms with Gasteiger partial charge in [0, 0.05) is 10.0 Å². The number of rotatable bonds is 1. The fourth-order valence-corrected chi connectivity index (χ4v) is 2.70. The second-order valence-corrected chi connectivity index (χ2v) is 6.77. The molecule has 4 nitrogen and oxygen atoms in total. The summed E-state index contributed by atoms with van der Waals surface area (Å²) in [5, 5.41) is 3.07. The van der Waals surface area contributed by atoms with E-state index < -0.39 is 6.09 Å². The monoisotopic (exact) mass is 328 g/mol. The highest BCUT2D eigenvalue weighted by Gasteiger charge is 2.16. The molecule has 0 aliphatic heterocycles. The number of amides is 1. The van der Waals surface area contributed by atoms with Gasteiger partial charge in [-0.15, -0.1) is 0 Å². The Morgan fingerprint density at radius 1 is 1.44 bits per heavy atom. The molecule has 1 aromatic heterocycles. The summed E-state index contributed by atoms with van der Waals surface area (Å²) < 4.78 is 7.11. The number of hydrogen-bond acceptors (Lipinski definition) is 4. The third kappa shape index (κ3) is 3.43. The molecule has 2 aromatic rings. The molecule has 0 saturated carbocycles. The van der Waals surface area contributed by atoms with Gasteiger partial charge in [0.15, 0.2) is 0 Å². The summed E-state index contributed by atoms with van der Waals surface area (Å²) in [6.45, 7) is 5.68. The highest BCUT2D eigenvalue weighted by molar-refractivity contribution is 9.10. The predicted octanol–water partition coefficient (Wildman–Crippen LogP) is 3.95. The van der Waals surface area contributed by atoms with E-state index in [1.807, 2.05) is 39.0 Å². The summed E-state index contributed by atoms with van der Waals surface area (Å²) >= 11 is 4.73. The van der Waals surface area contributed by atoms with E-state index in [9.17, 15) is 4.79 Å². The average molecular weight is 329 g/mol. The van der Waals surface area contributed by atoms with Crippen molar-refractivity contribution in [3.05, 3.63) is 22.7 Å². The average Bonchev–Trinajstić information content (AvgIpc) is 2.55. The first-order valence-corrected chi connectivity index (χ1v) is 7.00. The van der Waals surface area contributed by atoms with E-state index in [1.165, 1.54) is 11.3 Å². The number of fused-ring (bicyclic) bond motifs is 1. The topological polar surface area (TPSA) is 51.2 Å². The Hall–Kier alpha value is -1.14. The van der Waals surface area contributed by atoms with Gasteiger partial charge >= 0.3 is 6.09 Å². The van der Waals surface area contributed by atoms with Crippen LogP contribution in [-0.4, -0.2) is 16.6 Å². The number of thiazole rings is 1. The van der Waals surface area contributed by atoms with Gasteiger partial charge < -0.3 is 10.1 Å². The van der Waals surface area contributed by atoms with Crippen molar-refractivity contribution < 1.29 is 9.53 Å². The van der Waals surface area contributed by atoms with E-state index in [1.54, 1.807) is 0 Å². The largest absolute Gasteiger partial charge is 0.414 e. The summed E-state index contributed by atoms with van der Waals surface area (Å²) in [5.74, 6) is 0. The lowest BCUT2D eigenvalue weighted by molar-refractivity contribution is 0.190. The minimum absolute atomic E-state index is 0.323. The number of nitrogens with zero attached hydrogens (tertiary/aromatic N) is 1. The first-order valence-electron chi connectivity index (χ1n) is 5.39. The van der Waals surface area contributed by atoms with Crippen LogP contribution in [0.1, 0.15) is 20.8 Å². The molecule has 1 N–H and O–H groups in total. The Morgan fingerprint density at radius 3 is 2.83 bits per heavy atom. The Kier molecular flexibility index (Phi) is 3.59. The molecule has 2 rings (SSSR count). The molecule has 1 heterocycles. The van der Waals surface area contributed by atoms with Gasteiger partial charge in [-0.1, -0.05) is 27.3 Å². The van der Waals surface area contributed by atoms with Crippen LogP contribution in [-0.2, 0) is 0 Å². The van der Waals surface area contributed by atoms with Crippen molar-refractivity contribution in [1.29, 1.82) is 0 Å². The molecule has 0 radical (unpaired) electrons. The summed E-state index contributed by atoms with van der Waals surface area (Å²) in [5.41, 5.74) is 0.498. The van der Waals surface area contributed by atoms with Gasteiger partial charge in [0.05, 0.1) is 10.2 Å². The zero-order valence-corrected chi connectivity index (χ0v) is 12.7. The van der Waals surface area contributed by atoms with Crippen molar-refractivity contribution in [3.63, 3.8) is 0 Å². The van der Waals surface area contributed by atoms with Gasteiger partial charge in [0.1, 0.15) is 0 Å². The highest BCUT2D eigenvalue weighted by Crippen LogP contribution is 2.29. The minimum atomic E-state index is -0.486. The third-order valence-electron chi connectivity index (χ3n) is 1.99. The molecule has 0 aliphatic rings. The number of ether oxygens (including phenoxy) is 1. The Labute approximate surface area is 117 Å². The molecule has 96 valence electrons. The lowest BCUT2D eigenvalue weighted by Gasteiger charge is -2.18. The van der Waals surface area contributed by atoms with E-state index in [2.05, 4.69) is 26.2 Å². The van der Waals surface area contributed by atoms with Crippen LogP contribution >= 0.6 is 27.3 Å². The van der Waals surface area contributed by atoms with Gasteiger partial charge in [-0.3, -0.25) is 0 Å². The van der Waals surface area contributed by atoms with Gasteiger partial charge in [0.25, 0.3) is 5.19 Å². The lowest BCUT2D eigenvalue weighted by atomic mass is 10.1.